The van der Waals surface area contributed by atoms with E-state index >= 15 is 0 Å². The van der Waals surface area contributed by atoms with Gasteiger partial charge in [-0.2, -0.15) is 10.5 Å². The van der Waals surface area contributed by atoms with Crippen LogP contribution < -0.4 is 5.73 Å². The van der Waals surface area contributed by atoms with Crippen molar-refractivity contribution in [2.24, 2.45) is 10.7 Å². The molecular formula is C21H19N5OS. The Kier molecular flexibility index (Phi) is 4.02. The van der Waals surface area contributed by atoms with Crippen molar-refractivity contribution in [2.45, 2.75) is 36.6 Å². The van der Waals surface area contributed by atoms with E-state index in [0.717, 1.165) is 28.8 Å². The summed E-state index contributed by atoms with van der Waals surface area (Å²) >= 11 is 1.33. The zero-order valence-electron chi connectivity index (χ0n) is 15.6. The summed E-state index contributed by atoms with van der Waals surface area (Å²) < 4.78 is 0. The number of amides is 1. The van der Waals surface area contributed by atoms with Gasteiger partial charge in [0.15, 0.2) is 5.96 Å². The number of hydrogen-bond donors (Lipinski definition) is 1. The molecule has 1 saturated carbocycles. The number of likely N-dealkylation sites (N-methyl/N-ethyl adjacent to an activating group) is 1. The monoisotopic (exact) mass is 389 g/mol. The molecule has 2 aliphatic rings. The Morgan fingerprint density at radius 2 is 1.89 bits per heavy atom. The predicted octanol–water partition coefficient (Wildman–Crippen LogP) is 2.96. The number of nitrogens with zero attached hydrogens (tertiary/aromatic N) is 4. The van der Waals surface area contributed by atoms with E-state index in [4.69, 9.17) is 5.73 Å². The second-order valence-electron chi connectivity index (χ2n) is 7.54. The fourth-order valence-electron chi connectivity index (χ4n) is 3.84. The highest BCUT2D eigenvalue weighted by atomic mass is 32.1. The van der Waals surface area contributed by atoms with Crippen molar-refractivity contribution in [3.63, 3.8) is 0 Å². The van der Waals surface area contributed by atoms with Crippen LogP contribution in [0.3, 0.4) is 0 Å². The van der Waals surface area contributed by atoms with Crippen LogP contribution in [-0.4, -0.2) is 23.8 Å². The molecule has 1 aromatic heterocycles. The molecule has 1 aliphatic heterocycles. The van der Waals surface area contributed by atoms with Crippen LogP contribution in [0.4, 0.5) is 0 Å². The summed E-state index contributed by atoms with van der Waals surface area (Å²) in [6, 6.07) is 15.8. The molecule has 1 aliphatic carbocycles. The summed E-state index contributed by atoms with van der Waals surface area (Å²) in [5.41, 5.74) is 6.57. The fourth-order valence-corrected chi connectivity index (χ4v) is 4.77. The number of hydrogen-bond acceptors (Lipinski definition) is 6. The van der Waals surface area contributed by atoms with Crippen LogP contribution in [0.1, 0.15) is 46.6 Å². The van der Waals surface area contributed by atoms with Gasteiger partial charge in [-0.15, -0.1) is 11.3 Å². The molecular weight excluding hydrogens is 370 g/mol. The molecule has 0 saturated heterocycles. The molecule has 28 heavy (non-hydrogen) atoms. The van der Waals surface area contributed by atoms with Gasteiger partial charge in [-0.3, -0.25) is 9.69 Å². The Morgan fingerprint density at radius 1 is 1.21 bits per heavy atom. The lowest BCUT2D eigenvalue weighted by molar-refractivity contribution is -0.130. The average molecular weight is 389 g/mol. The number of rotatable bonds is 3. The van der Waals surface area contributed by atoms with Gasteiger partial charge in [-0.05, 0) is 43.0 Å². The van der Waals surface area contributed by atoms with Gasteiger partial charge >= 0.3 is 0 Å². The smallest absolute Gasteiger partial charge is 0.239 e. The van der Waals surface area contributed by atoms with Gasteiger partial charge in [0.1, 0.15) is 16.5 Å². The second kappa shape index (κ2) is 6.19. The summed E-state index contributed by atoms with van der Waals surface area (Å²) in [4.78, 5) is 20.6. The SMILES string of the molecule is CN1C(=O)[C@H](c2ccc(C3(C#N)CC3)cc2)[C@@](C)(c2ccc(C#N)s2)N=C1N. The highest BCUT2D eigenvalue weighted by Crippen LogP contribution is 2.49. The third-order valence-corrected chi connectivity index (χ3v) is 7.02. The normalized spacial score (nSPS) is 25.6. The Labute approximate surface area is 167 Å². The number of guanidine groups is 1. The Hall–Kier alpha value is -3.16. The number of carbonyl (C=O) groups excluding carboxylic acids is 1. The van der Waals surface area contributed by atoms with Crippen molar-refractivity contribution in [3.8, 4) is 12.1 Å². The lowest BCUT2D eigenvalue weighted by Gasteiger charge is -2.40. The molecule has 0 unspecified atom stereocenters. The van der Waals surface area contributed by atoms with E-state index in [2.05, 4.69) is 17.1 Å². The third-order valence-electron chi connectivity index (χ3n) is 5.81. The minimum absolute atomic E-state index is 0.143. The van der Waals surface area contributed by atoms with E-state index < -0.39 is 11.5 Å². The summed E-state index contributed by atoms with van der Waals surface area (Å²) in [5.74, 6) is -0.550. The third kappa shape index (κ3) is 2.59. The first kappa shape index (κ1) is 18.2. The second-order valence-corrected chi connectivity index (χ2v) is 8.62. The van der Waals surface area contributed by atoms with Crippen molar-refractivity contribution in [1.29, 1.82) is 10.5 Å². The van der Waals surface area contributed by atoms with Gasteiger partial charge in [0.05, 0.1) is 17.4 Å². The summed E-state index contributed by atoms with van der Waals surface area (Å²) in [7, 11) is 1.62. The highest BCUT2D eigenvalue weighted by molar-refractivity contribution is 7.12. The predicted molar refractivity (Wildman–Crippen MR) is 106 cm³/mol. The largest absolute Gasteiger partial charge is 0.369 e. The number of aliphatic imine (C=N–C) groups is 1. The number of nitriles is 2. The minimum atomic E-state index is -0.901. The van der Waals surface area contributed by atoms with E-state index in [0.29, 0.717) is 4.88 Å². The van der Waals surface area contributed by atoms with Crippen LogP contribution in [0.15, 0.2) is 41.4 Å². The van der Waals surface area contributed by atoms with Crippen molar-refractivity contribution in [3.05, 3.63) is 57.3 Å². The van der Waals surface area contributed by atoms with Crippen molar-refractivity contribution >= 4 is 23.2 Å². The van der Waals surface area contributed by atoms with E-state index in [1.54, 1.807) is 13.1 Å². The van der Waals surface area contributed by atoms with Gasteiger partial charge in [0, 0.05) is 11.9 Å². The van der Waals surface area contributed by atoms with Gasteiger partial charge in [-0.1, -0.05) is 24.3 Å². The Bertz CT molecular complexity index is 1070. The average Bonchev–Trinajstić information content (AvgIpc) is 3.34. The van der Waals surface area contributed by atoms with Gasteiger partial charge < -0.3 is 5.73 Å². The molecule has 2 N–H and O–H groups in total. The van der Waals surface area contributed by atoms with Gasteiger partial charge in [-0.25, -0.2) is 4.99 Å². The van der Waals surface area contributed by atoms with E-state index in [1.807, 2.05) is 37.3 Å². The number of nitrogens with two attached hydrogens (primary N) is 1. The summed E-state index contributed by atoms with van der Waals surface area (Å²) in [6.45, 7) is 1.88. The standard InChI is InChI=1S/C21H19N5OS/c1-20(16-8-7-15(11-22)28-16)17(18(27)26(2)19(24)25-20)13-3-5-14(6-4-13)21(12-23)9-10-21/h3-8,17H,9-10H2,1-2H3,(H2,24,25)/t17-,20+/m0/s1. The van der Waals surface area contributed by atoms with Crippen LogP contribution in [0, 0.1) is 22.7 Å². The van der Waals surface area contributed by atoms with Crippen molar-refractivity contribution in [1.82, 2.24) is 4.90 Å². The number of benzene rings is 1. The first-order chi connectivity index (χ1) is 13.3. The molecule has 4 rings (SSSR count). The van der Waals surface area contributed by atoms with Crippen molar-refractivity contribution < 1.29 is 4.79 Å². The number of carbonyl (C=O) groups is 1. The molecule has 2 aromatic rings. The van der Waals surface area contributed by atoms with Gasteiger partial charge in [0.2, 0.25) is 5.91 Å². The maximum atomic E-state index is 13.2. The lowest BCUT2D eigenvalue weighted by Crippen LogP contribution is -2.52. The maximum absolute atomic E-state index is 13.2. The topological polar surface area (TPSA) is 106 Å². The summed E-state index contributed by atoms with van der Waals surface area (Å²) in [5, 5.41) is 18.6. The highest BCUT2D eigenvalue weighted by Gasteiger charge is 2.49. The first-order valence-electron chi connectivity index (χ1n) is 9.00. The zero-order valence-corrected chi connectivity index (χ0v) is 16.5. The summed E-state index contributed by atoms with van der Waals surface area (Å²) in [6.07, 6.45) is 1.75. The van der Waals surface area contributed by atoms with Crippen LogP contribution in [-0.2, 0) is 15.7 Å². The van der Waals surface area contributed by atoms with Crippen LogP contribution in [0.2, 0.25) is 0 Å². The Balaban J connectivity index is 1.81. The fraction of sp³-hybridized carbons (Fsp3) is 0.333. The molecule has 6 nitrogen and oxygen atoms in total. The van der Waals surface area contributed by atoms with E-state index in [1.165, 1.54) is 16.2 Å². The zero-order chi connectivity index (χ0) is 20.1. The molecule has 0 radical (unpaired) electrons. The van der Waals surface area contributed by atoms with E-state index in [9.17, 15) is 15.3 Å². The van der Waals surface area contributed by atoms with Crippen molar-refractivity contribution in [2.75, 3.05) is 7.05 Å². The van der Waals surface area contributed by atoms with Crippen LogP contribution >= 0.6 is 11.3 Å². The molecule has 0 spiro atoms. The number of thiophene rings is 1. The Morgan fingerprint density at radius 3 is 2.43 bits per heavy atom. The quantitative estimate of drug-likeness (QED) is 0.871. The first-order valence-corrected chi connectivity index (χ1v) is 9.81. The lowest BCUT2D eigenvalue weighted by atomic mass is 9.77. The van der Waals surface area contributed by atoms with Crippen LogP contribution in [0.25, 0.3) is 0 Å². The molecule has 2 heterocycles. The molecule has 0 bridgehead atoms. The van der Waals surface area contributed by atoms with E-state index in [-0.39, 0.29) is 17.3 Å². The molecule has 1 amide bonds. The molecule has 2 atom stereocenters. The molecule has 140 valence electrons. The molecule has 1 aromatic carbocycles. The van der Waals surface area contributed by atoms with Gasteiger partial charge in [0.25, 0.3) is 0 Å². The maximum Gasteiger partial charge on any atom is 0.239 e. The molecule has 7 heteroatoms. The minimum Gasteiger partial charge on any atom is -0.369 e. The van der Waals surface area contributed by atoms with Crippen LogP contribution in [0.5, 0.6) is 0 Å². The molecule has 1 fully saturated rings.